The predicted octanol–water partition coefficient (Wildman–Crippen LogP) is 4.70. The van der Waals surface area contributed by atoms with Gasteiger partial charge in [0.25, 0.3) is 0 Å². The summed E-state index contributed by atoms with van der Waals surface area (Å²) in [6.45, 7) is 5.18. The monoisotopic (exact) mass is 464 g/mol. The molecule has 174 valence electrons. The van der Waals surface area contributed by atoms with E-state index in [1.165, 1.54) is 11.1 Å². The van der Waals surface area contributed by atoms with Crippen LogP contribution in [-0.2, 0) is 17.1 Å². The van der Waals surface area contributed by atoms with Gasteiger partial charge in [-0.3, -0.25) is 9.69 Å². The highest BCUT2D eigenvalue weighted by molar-refractivity contribution is 7.98. The van der Waals surface area contributed by atoms with Gasteiger partial charge < -0.3 is 9.84 Å². The minimum absolute atomic E-state index is 0.101. The van der Waals surface area contributed by atoms with E-state index < -0.39 is 0 Å². The number of nitrogens with zero attached hydrogens (tertiary/aromatic N) is 3. The van der Waals surface area contributed by atoms with Crippen LogP contribution in [0.2, 0.25) is 0 Å². The number of benzene rings is 2. The van der Waals surface area contributed by atoms with E-state index in [-0.39, 0.29) is 11.8 Å². The van der Waals surface area contributed by atoms with Crippen LogP contribution in [0.1, 0.15) is 36.3 Å². The lowest BCUT2D eigenvalue weighted by Crippen LogP contribution is -2.40. The molecule has 33 heavy (non-hydrogen) atoms. The number of aryl methyl sites for hydroxylation is 1. The minimum atomic E-state index is 0.101. The number of carbonyl (C=O) groups excluding carboxylic acids is 1. The highest BCUT2D eigenvalue weighted by Gasteiger charge is 2.25. The van der Waals surface area contributed by atoms with Crippen LogP contribution >= 0.6 is 11.8 Å². The van der Waals surface area contributed by atoms with Crippen molar-refractivity contribution in [1.82, 2.24) is 20.4 Å². The zero-order valence-electron chi connectivity index (χ0n) is 19.2. The molecule has 3 aromatic rings. The Bertz CT molecular complexity index is 999. The van der Waals surface area contributed by atoms with Crippen molar-refractivity contribution < 1.29 is 9.32 Å². The molecule has 0 unspecified atom stereocenters. The van der Waals surface area contributed by atoms with Gasteiger partial charge in [-0.2, -0.15) is 16.7 Å². The first-order chi connectivity index (χ1) is 16.2. The molecule has 1 amide bonds. The van der Waals surface area contributed by atoms with Crippen molar-refractivity contribution in [2.45, 2.75) is 38.5 Å². The molecule has 6 nitrogen and oxygen atoms in total. The summed E-state index contributed by atoms with van der Waals surface area (Å²) in [5.41, 5.74) is 3.52. The number of carbonyl (C=O) groups is 1. The second kappa shape index (κ2) is 12.0. The van der Waals surface area contributed by atoms with E-state index in [2.05, 4.69) is 51.5 Å². The molecular weight excluding hydrogens is 432 g/mol. The molecule has 1 aromatic heterocycles. The van der Waals surface area contributed by atoms with Gasteiger partial charge in [0.15, 0.2) is 0 Å². The summed E-state index contributed by atoms with van der Waals surface area (Å²) in [6, 6.07) is 18.6. The number of nitrogens with one attached hydrogen (secondary N) is 1. The van der Waals surface area contributed by atoms with Crippen LogP contribution in [0.15, 0.2) is 59.1 Å². The van der Waals surface area contributed by atoms with Gasteiger partial charge >= 0.3 is 0 Å². The lowest BCUT2D eigenvalue weighted by molar-refractivity contribution is -0.126. The lowest BCUT2D eigenvalue weighted by Gasteiger charge is -2.30. The van der Waals surface area contributed by atoms with Crippen molar-refractivity contribution in [3.8, 4) is 11.4 Å². The van der Waals surface area contributed by atoms with E-state index >= 15 is 0 Å². The van der Waals surface area contributed by atoms with Crippen molar-refractivity contribution in [2.24, 2.45) is 5.92 Å². The Morgan fingerprint density at radius 1 is 1.12 bits per heavy atom. The van der Waals surface area contributed by atoms with Crippen LogP contribution in [0, 0.1) is 12.8 Å². The van der Waals surface area contributed by atoms with Crippen molar-refractivity contribution >= 4 is 17.7 Å². The van der Waals surface area contributed by atoms with Crippen molar-refractivity contribution in [3.63, 3.8) is 0 Å². The molecule has 0 atom stereocenters. The van der Waals surface area contributed by atoms with Crippen LogP contribution < -0.4 is 5.32 Å². The van der Waals surface area contributed by atoms with Gasteiger partial charge in [0.05, 0.1) is 6.54 Å². The zero-order chi connectivity index (χ0) is 22.9. The van der Waals surface area contributed by atoms with E-state index in [4.69, 9.17) is 4.52 Å². The van der Waals surface area contributed by atoms with Gasteiger partial charge in [0.2, 0.25) is 17.6 Å². The molecule has 1 saturated heterocycles. The number of hydrogen-bond donors (Lipinski definition) is 1. The molecule has 1 N–H and O–H groups in total. The molecular formula is C26H32N4O2S. The van der Waals surface area contributed by atoms with Crippen LogP contribution in [0.25, 0.3) is 11.4 Å². The summed E-state index contributed by atoms with van der Waals surface area (Å²) in [4.78, 5) is 19.4. The molecule has 1 aliphatic rings. The van der Waals surface area contributed by atoms with Crippen LogP contribution in [-0.4, -0.2) is 46.3 Å². The second-order valence-corrected chi connectivity index (χ2v) is 9.72. The fraction of sp³-hybridized carbons (Fsp3) is 0.423. The summed E-state index contributed by atoms with van der Waals surface area (Å²) in [7, 11) is 0. The van der Waals surface area contributed by atoms with E-state index in [0.29, 0.717) is 18.3 Å². The molecule has 1 aliphatic heterocycles. The maximum atomic E-state index is 12.5. The average molecular weight is 465 g/mol. The normalized spacial score (nSPS) is 14.9. The molecule has 1 fully saturated rings. The summed E-state index contributed by atoms with van der Waals surface area (Å²) in [5, 5.41) is 7.25. The van der Waals surface area contributed by atoms with E-state index in [1.54, 1.807) is 0 Å². The molecule has 0 bridgehead atoms. The van der Waals surface area contributed by atoms with Gasteiger partial charge in [-0.05, 0) is 50.6 Å². The van der Waals surface area contributed by atoms with Gasteiger partial charge in [-0.25, -0.2) is 0 Å². The Morgan fingerprint density at radius 3 is 2.64 bits per heavy atom. The average Bonchev–Trinajstić information content (AvgIpc) is 3.31. The Balaban J connectivity index is 1.11. The van der Waals surface area contributed by atoms with Crippen molar-refractivity contribution in [3.05, 3.63) is 71.6 Å². The topological polar surface area (TPSA) is 71.3 Å². The number of aromatic nitrogens is 2. The standard InChI is InChI=1S/C26H32N4O2S/c1-20-8-10-22(11-9-20)25-28-24(32-29-25)18-30-15-12-23(13-16-30)26(31)27-14-5-17-33-19-21-6-3-2-4-7-21/h2-4,6-11,23H,5,12-19H2,1H3,(H,27,31). The molecule has 0 saturated carbocycles. The van der Waals surface area contributed by atoms with Gasteiger partial charge in [0, 0.05) is 23.8 Å². The Morgan fingerprint density at radius 2 is 1.88 bits per heavy atom. The summed E-state index contributed by atoms with van der Waals surface area (Å²) in [5.74, 6) is 3.64. The minimum Gasteiger partial charge on any atom is -0.356 e. The number of piperidine rings is 1. The first-order valence-corrected chi connectivity index (χ1v) is 12.8. The SMILES string of the molecule is Cc1ccc(-c2noc(CN3CCC(C(=O)NCCCSCc4ccccc4)CC3)n2)cc1. The van der Waals surface area contributed by atoms with E-state index in [9.17, 15) is 4.79 Å². The van der Waals surface area contributed by atoms with E-state index in [1.807, 2.05) is 42.1 Å². The van der Waals surface area contributed by atoms with Gasteiger partial charge in [-0.15, -0.1) is 0 Å². The molecule has 7 heteroatoms. The smallest absolute Gasteiger partial charge is 0.241 e. The highest BCUT2D eigenvalue weighted by atomic mass is 32.2. The first kappa shape index (κ1) is 23.5. The highest BCUT2D eigenvalue weighted by Crippen LogP contribution is 2.21. The Hall–Kier alpha value is -2.64. The molecule has 0 radical (unpaired) electrons. The maximum Gasteiger partial charge on any atom is 0.241 e. The van der Waals surface area contributed by atoms with E-state index in [0.717, 1.165) is 56.0 Å². The largest absolute Gasteiger partial charge is 0.356 e. The van der Waals surface area contributed by atoms with Crippen LogP contribution in [0.5, 0.6) is 0 Å². The van der Waals surface area contributed by atoms with Crippen LogP contribution in [0.4, 0.5) is 0 Å². The second-order valence-electron chi connectivity index (χ2n) is 8.61. The number of hydrogen-bond acceptors (Lipinski definition) is 6. The van der Waals surface area contributed by atoms with Crippen molar-refractivity contribution in [2.75, 3.05) is 25.4 Å². The third-order valence-corrected chi connectivity index (χ3v) is 7.09. The summed E-state index contributed by atoms with van der Waals surface area (Å²) < 4.78 is 5.46. The quantitative estimate of drug-likeness (QED) is 0.439. The Labute approximate surface area is 200 Å². The zero-order valence-corrected chi connectivity index (χ0v) is 20.0. The number of amides is 1. The van der Waals surface area contributed by atoms with Crippen molar-refractivity contribution in [1.29, 1.82) is 0 Å². The Kier molecular flexibility index (Phi) is 8.55. The molecule has 0 spiro atoms. The molecule has 2 heterocycles. The molecule has 4 rings (SSSR count). The molecule has 0 aliphatic carbocycles. The number of thioether (sulfide) groups is 1. The summed E-state index contributed by atoms with van der Waals surface area (Å²) >= 11 is 1.92. The van der Waals surface area contributed by atoms with Gasteiger partial charge in [0.1, 0.15) is 0 Å². The first-order valence-electron chi connectivity index (χ1n) is 11.7. The lowest BCUT2D eigenvalue weighted by atomic mass is 9.96. The van der Waals surface area contributed by atoms with Gasteiger partial charge in [-0.1, -0.05) is 65.3 Å². The van der Waals surface area contributed by atoms with Crippen LogP contribution in [0.3, 0.4) is 0 Å². The third kappa shape index (κ3) is 7.17. The summed E-state index contributed by atoms with van der Waals surface area (Å²) in [6.07, 6.45) is 2.74. The fourth-order valence-corrected chi connectivity index (χ4v) is 4.90. The number of likely N-dealkylation sites (tertiary alicyclic amines) is 1. The third-order valence-electron chi connectivity index (χ3n) is 5.97. The fourth-order valence-electron chi connectivity index (χ4n) is 3.98. The predicted molar refractivity (Wildman–Crippen MR) is 133 cm³/mol. The molecule has 2 aromatic carbocycles. The maximum absolute atomic E-state index is 12.5. The number of rotatable bonds is 10.